The van der Waals surface area contributed by atoms with Gasteiger partial charge in [0.25, 0.3) is 0 Å². The zero-order valence-corrected chi connectivity index (χ0v) is 43.9. The second-order valence-corrected chi connectivity index (χ2v) is 22.6. The Labute approximate surface area is 444 Å². The Hall–Kier alpha value is -9.12. The van der Waals surface area contributed by atoms with Crippen LogP contribution in [0.25, 0.3) is 87.3 Å². The van der Waals surface area contributed by atoms with E-state index >= 15 is 0 Å². The van der Waals surface area contributed by atoms with Crippen molar-refractivity contribution in [2.24, 2.45) is 0 Å². The Bertz CT molecular complexity index is 4220. The fraction of sp³-hybridized carbons (Fsp3) is 0.111. The summed E-state index contributed by atoms with van der Waals surface area (Å²) in [5, 5.41) is 12.5. The van der Waals surface area contributed by atoms with Gasteiger partial charge in [0.2, 0.25) is 0 Å². The summed E-state index contributed by atoms with van der Waals surface area (Å²) in [6.07, 6.45) is 0. The van der Waals surface area contributed by atoms with Gasteiger partial charge in [0.15, 0.2) is 0 Å². The third-order valence-corrected chi connectivity index (χ3v) is 15.8. The van der Waals surface area contributed by atoms with Crippen molar-refractivity contribution in [2.75, 3.05) is 9.80 Å². The predicted octanol–water partition coefficient (Wildman–Crippen LogP) is 20.3. The topological polar surface area (TPSA) is 16.3 Å². The van der Waals surface area contributed by atoms with Crippen molar-refractivity contribution in [3.8, 4) is 11.4 Å². The highest BCUT2D eigenvalue weighted by Gasteiger charge is 2.30. The highest BCUT2D eigenvalue weighted by atomic mass is 15.2. The molecule has 0 radical (unpaired) electrons. The van der Waals surface area contributed by atoms with Crippen molar-refractivity contribution in [1.82, 2.24) is 9.13 Å². The number of fused-ring (bicyclic) bond motifs is 6. The maximum absolute atomic E-state index is 2.51. The summed E-state index contributed by atoms with van der Waals surface area (Å²) in [5.74, 6) is 0. The first-order valence-electron chi connectivity index (χ1n) is 26.7. The van der Waals surface area contributed by atoms with E-state index < -0.39 is 0 Å². The van der Waals surface area contributed by atoms with Gasteiger partial charge in [-0.05, 0) is 153 Å². The minimum absolute atomic E-state index is 0.188. The molecule has 0 unspecified atom stereocenters. The van der Waals surface area contributed by atoms with Crippen LogP contribution in [0.15, 0.2) is 243 Å². The summed E-state index contributed by atoms with van der Waals surface area (Å²) < 4.78 is 4.80. The number of rotatable bonds is 8. The van der Waals surface area contributed by atoms with Gasteiger partial charge in [-0.15, -0.1) is 0 Å². The first-order chi connectivity index (χ1) is 37.0. The molecule has 0 amide bonds. The molecule has 0 saturated heterocycles. The third-order valence-electron chi connectivity index (χ3n) is 15.8. The van der Waals surface area contributed by atoms with Gasteiger partial charge >= 0.3 is 0 Å². The van der Waals surface area contributed by atoms with Crippen LogP contribution in [0.5, 0.6) is 0 Å². The van der Waals surface area contributed by atoms with E-state index in [0.717, 1.165) is 45.5 Å². The SMILES string of the molecule is CC(C)(C)c1cc(N(c2ccccc2)c2ccc3c(c2)c2ccccc2n3-c2ccccc2)c2ccc3c(C(C)(C)C)cc(N(c4ccccc4)c4ccc5c(c4)c4ccccc4n5-c4ccccc4)c4ccc1c2c43. The highest BCUT2D eigenvalue weighted by Crippen LogP contribution is 2.53. The molecule has 2 aromatic heterocycles. The summed E-state index contributed by atoms with van der Waals surface area (Å²) in [4.78, 5) is 5.02. The Kier molecular flexibility index (Phi) is 10.3. The van der Waals surface area contributed by atoms with Crippen LogP contribution in [0.2, 0.25) is 0 Å². The molecule has 0 atom stereocenters. The summed E-state index contributed by atoms with van der Waals surface area (Å²) in [7, 11) is 0. The van der Waals surface area contributed by atoms with Crippen molar-refractivity contribution in [3.63, 3.8) is 0 Å². The molecule has 14 rings (SSSR count). The Morgan fingerprint density at radius 3 is 0.974 bits per heavy atom. The lowest BCUT2D eigenvalue weighted by Gasteiger charge is -2.33. The Balaban J connectivity index is 1.06. The smallest absolute Gasteiger partial charge is 0.0543 e. The molecule has 0 aliphatic carbocycles. The molecule has 12 aromatic carbocycles. The van der Waals surface area contributed by atoms with Gasteiger partial charge in [0.1, 0.15) is 0 Å². The number of para-hydroxylation sites is 6. The van der Waals surface area contributed by atoms with Crippen molar-refractivity contribution < 1.29 is 0 Å². The first-order valence-corrected chi connectivity index (χ1v) is 26.7. The predicted molar refractivity (Wildman–Crippen MR) is 326 cm³/mol. The molecular formula is C72H58N4. The van der Waals surface area contributed by atoms with E-state index in [1.54, 1.807) is 0 Å². The van der Waals surface area contributed by atoms with Gasteiger partial charge in [0, 0.05) is 66.4 Å². The lowest BCUT2D eigenvalue weighted by atomic mass is 9.77. The van der Waals surface area contributed by atoms with Gasteiger partial charge in [-0.1, -0.05) is 175 Å². The van der Waals surface area contributed by atoms with Gasteiger partial charge in [-0.3, -0.25) is 0 Å². The van der Waals surface area contributed by atoms with Crippen LogP contribution in [0, 0.1) is 0 Å². The summed E-state index contributed by atoms with van der Waals surface area (Å²) in [6.45, 7) is 14.2. The fourth-order valence-electron chi connectivity index (χ4n) is 12.5. The molecule has 0 bridgehead atoms. The van der Waals surface area contributed by atoms with Gasteiger partial charge in [0.05, 0.1) is 33.4 Å². The molecule has 76 heavy (non-hydrogen) atoms. The Morgan fingerprint density at radius 1 is 0.263 bits per heavy atom. The molecule has 366 valence electrons. The lowest BCUT2D eigenvalue weighted by Crippen LogP contribution is -2.17. The molecule has 0 aliphatic rings. The monoisotopic (exact) mass is 978 g/mol. The van der Waals surface area contributed by atoms with Crippen molar-refractivity contribution >= 4 is 110 Å². The van der Waals surface area contributed by atoms with Crippen molar-refractivity contribution in [2.45, 2.75) is 52.4 Å². The summed E-state index contributed by atoms with van der Waals surface area (Å²) >= 11 is 0. The molecule has 0 saturated carbocycles. The van der Waals surface area contributed by atoms with Crippen molar-refractivity contribution in [1.29, 1.82) is 0 Å². The molecule has 0 N–H and O–H groups in total. The number of anilines is 6. The van der Waals surface area contributed by atoms with Gasteiger partial charge < -0.3 is 18.9 Å². The molecule has 2 heterocycles. The second-order valence-electron chi connectivity index (χ2n) is 22.6. The van der Waals surface area contributed by atoms with E-state index in [0.29, 0.717) is 0 Å². The summed E-state index contributed by atoms with van der Waals surface area (Å²) in [6, 6.07) is 89.9. The minimum Gasteiger partial charge on any atom is -0.310 e. The molecular weight excluding hydrogens is 921 g/mol. The lowest BCUT2D eigenvalue weighted by molar-refractivity contribution is 0.595. The number of hydrogen-bond donors (Lipinski definition) is 0. The van der Waals surface area contributed by atoms with Crippen LogP contribution < -0.4 is 9.80 Å². The van der Waals surface area contributed by atoms with E-state index in [4.69, 9.17) is 0 Å². The van der Waals surface area contributed by atoms with Crippen LogP contribution in [-0.4, -0.2) is 9.13 Å². The Morgan fingerprint density at radius 2 is 0.592 bits per heavy atom. The molecule has 4 nitrogen and oxygen atoms in total. The number of hydrogen-bond acceptors (Lipinski definition) is 2. The molecule has 0 spiro atoms. The first kappa shape index (κ1) is 45.5. The maximum Gasteiger partial charge on any atom is 0.0543 e. The van der Waals surface area contributed by atoms with Crippen LogP contribution in [0.1, 0.15) is 52.7 Å². The average Bonchev–Trinajstić information content (AvgIpc) is 4.03. The maximum atomic E-state index is 2.51. The zero-order valence-electron chi connectivity index (χ0n) is 43.9. The third kappa shape index (κ3) is 7.12. The standard InChI is InChI=1S/C72H58N4/c1-71(2,3)61-45-67(73(47-23-11-7-12-24-47)51-35-41-65-59(43-51)53-31-19-21-33-63(53)75(65)49-27-15-9-16-28-49)57-40-38-56-62(72(4,5)6)46-68(58-39-37-55(61)69(57)70(56)58)74(48-25-13-8-14-26-48)52-36-42-66-60(44-52)54-32-20-22-34-64(54)76(66)50-29-17-10-18-30-50/h7-46H,1-6H3. The van der Waals surface area contributed by atoms with E-state index in [1.807, 2.05) is 0 Å². The largest absolute Gasteiger partial charge is 0.310 e. The fourth-order valence-corrected chi connectivity index (χ4v) is 12.5. The summed E-state index contributed by atoms with van der Waals surface area (Å²) in [5.41, 5.74) is 16.1. The van der Waals surface area contributed by atoms with Crippen LogP contribution >= 0.6 is 0 Å². The van der Waals surface area contributed by atoms with Crippen molar-refractivity contribution in [3.05, 3.63) is 254 Å². The van der Waals surface area contributed by atoms with E-state index in [9.17, 15) is 0 Å². The number of aromatic nitrogens is 2. The molecule has 0 fully saturated rings. The highest BCUT2D eigenvalue weighted by molar-refractivity contribution is 6.30. The number of benzene rings is 12. The van der Waals surface area contributed by atoms with E-state index in [1.165, 1.54) is 87.1 Å². The zero-order chi connectivity index (χ0) is 51.5. The van der Waals surface area contributed by atoms with Crippen LogP contribution in [0.3, 0.4) is 0 Å². The second kappa shape index (κ2) is 17.2. The van der Waals surface area contributed by atoms with Gasteiger partial charge in [-0.2, -0.15) is 0 Å². The van der Waals surface area contributed by atoms with E-state index in [2.05, 4.69) is 303 Å². The van der Waals surface area contributed by atoms with Crippen LogP contribution in [0.4, 0.5) is 34.1 Å². The minimum atomic E-state index is -0.188. The van der Waals surface area contributed by atoms with Gasteiger partial charge in [-0.25, -0.2) is 0 Å². The molecule has 0 aliphatic heterocycles. The average molecular weight is 979 g/mol. The number of nitrogens with zero attached hydrogens (tertiary/aromatic N) is 4. The normalized spacial score (nSPS) is 12.3. The quantitative estimate of drug-likeness (QED) is 0.141. The molecule has 4 heteroatoms. The van der Waals surface area contributed by atoms with E-state index in [-0.39, 0.29) is 10.8 Å². The molecule has 14 aromatic rings. The van der Waals surface area contributed by atoms with Crippen LogP contribution in [-0.2, 0) is 10.8 Å².